The van der Waals surface area contributed by atoms with Gasteiger partial charge in [-0.05, 0) is 12.1 Å². The van der Waals surface area contributed by atoms with Crippen LogP contribution in [0, 0.1) is 0 Å². The fourth-order valence-electron chi connectivity index (χ4n) is 0.428. The van der Waals surface area contributed by atoms with Gasteiger partial charge in [0.2, 0.25) is 0 Å². The van der Waals surface area contributed by atoms with E-state index in [9.17, 15) is 0 Å². The van der Waals surface area contributed by atoms with E-state index >= 15 is 0 Å². The van der Waals surface area contributed by atoms with Crippen molar-refractivity contribution in [3.8, 4) is 5.75 Å². The Morgan fingerprint density at radius 3 is 1.67 bits per heavy atom. The average molecular weight is 200 g/mol. The van der Waals surface area contributed by atoms with Gasteiger partial charge >= 0.3 is 37.7 Å². The molecule has 0 unspecified atom stereocenters. The molecule has 0 spiro atoms. The van der Waals surface area contributed by atoms with E-state index in [1.807, 2.05) is 6.07 Å². The van der Waals surface area contributed by atoms with Crippen LogP contribution in [0.1, 0.15) is 0 Å². The van der Waals surface area contributed by atoms with E-state index in [0.717, 1.165) is 0 Å². The summed E-state index contributed by atoms with van der Waals surface area (Å²) in [6.45, 7) is 0. The van der Waals surface area contributed by atoms with Crippen molar-refractivity contribution in [1.29, 1.82) is 0 Å². The van der Waals surface area contributed by atoms with E-state index in [1.165, 1.54) is 0 Å². The van der Waals surface area contributed by atoms with Gasteiger partial charge in [-0.15, -0.1) is 0 Å². The monoisotopic (exact) mass is 199 g/mol. The van der Waals surface area contributed by atoms with Gasteiger partial charge in [0.25, 0.3) is 0 Å². The fraction of sp³-hybridized carbons (Fsp3) is 0. The standard InChI is InChI=1S/C6H6O.Ca.Cu.2H/c7-6-4-2-1-3-5-6;;;;/h1-5,7H;;;;. The number of para-hydroxylation sites is 1. The Labute approximate surface area is 94.9 Å². The van der Waals surface area contributed by atoms with Crippen LogP contribution in [0.2, 0.25) is 0 Å². The summed E-state index contributed by atoms with van der Waals surface area (Å²) in [4.78, 5) is 0. The van der Waals surface area contributed by atoms with Crippen molar-refractivity contribution in [1.82, 2.24) is 0 Å². The minimum absolute atomic E-state index is 0. The Bertz CT molecular complexity index is 143. The number of aromatic hydroxyl groups is 1. The molecule has 0 saturated carbocycles. The maximum atomic E-state index is 8.63. The van der Waals surface area contributed by atoms with Gasteiger partial charge in [-0.25, -0.2) is 0 Å². The van der Waals surface area contributed by atoms with Gasteiger partial charge in [0.1, 0.15) is 5.75 Å². The Kier molecular flexibility index (Phi) is 9.58. The van der Waals surface area contributed by atoms with Gasteiger partial charge in [-0.2, -0.15) is 0 Å². The van der Waals surface area contributed by atoms with E-state index < -0.39 is 0 Å². The van der Waals surface area contributed by atoms with Crippen LogP contribution in [0.4, 0.5) is 0 Å². The second-order valence-electron chi connectivity index (χ2n) is 1.34. The van der Waals surface area contributed by atoms with Gasteiger partial charge < -0.3 is 5.11 Å². The van der Waals surface area contributed by atoms with Gasteiger partial charge in [-0.3, -0.25) is 0 Å². The Balaban J connectivity index is 0. The molecule has 0 atom stereocenters. The molecule has 0 heterocycles. The van der Waals surface area contributed by atoms with Crippen LogP contribution in [-0.4, -0.2) is 42.8 Å². The maximum absolute atomic E-state index is 8.63. The maximum Gasteiger partial charge on any atom is 0 e. The molecule has 51 valence electrons. The minimum Gasteiger partial charge on any atom is 0 e. The molecule has 9 heavy (non-hydrogen) atoms. The molecule has 0 saturated heterocycles. The fourth-order valence-corrected chi connectivity index (χ4v) is 0.428. The smallest absolute Gasteiger partial charge is 0 e. The summed E-state index contributed by atoms with van der Waals surface area (Å²) in [6.07, 6.45) is 0. The zero-order chi connectivity index (χ0) is 5.11. The van der Waals surface area contributed by atoms with E-state index in [0.29, 0.717) is 5.75 Å². The van der Waals surface area contributed by atoms with Crippen molar-refractivity contribution in [2.75, 3.05) is 0 Å². The van der Waals surface area contributed by atoms with Crippen LogP contribution in [0.25, 0.3) is 0 Å². The van der Waals surface area contributed by atoms with Gasteiger partial charge in [0.15, 0.2) is 0 Å². The predicted octanol–water partition coefficient (Wildman–Crippen LogP) is 0.473. The third-order valence-corrected chi connectivity index (χ3v) is 0.756. The van der Waals surface area contributed by atoms with Gasteiger partial charge in [0, 0.05) is 17.1 Å². The number of phenols is 1. The molecule has 3 heteroatoms. The molecule has 1 nitrogen and oxygen atoms in total. The molecule has 1 N–H and O–H groups in total. The van der Waals surface area contributed by atoms with E-state index in [1.54, 1.807) is 24.3 Å². The SMILES string of the molecule is Oc1ccccc1.[CaH2].[Cu]. The number of rotatable bonds is 0. The molecule has 0 amide bonds. The summed E-state index contributed by atoms with van der Waals surface area (Å²) in [5, 5.41) is 8.63. The van der Waals surface area contributed by atoms with Crippen molar-refractivity contribution in [2.24, 2.45) is 0 Å². The molecule has 1 rings (SSSR count). The largest absolute Gasteiger partial charge is 0 e. The Morgan fingerprint density at radius 2 is 1.44 bits per heavy atom. The molecule has 1 aromatic rings. The van der Waals surface area contributed by atoms with E-state index in [-0.39, 0.29) is 54.8 Å². The molecule has 1 radical (unpaired) electrons. The Morgan fingerprint density at radius 1 is 1.00 bits per heavy atom. The third kappa shape index (κ3) is 5.25. The summed E-state index contributed by atoms with van der Waals surface area (Å²) >= 11 is 0. The van der Waals surface area contributed by atoms with Crippen LogP contribution >= 0.6 is 0 Å². The first kappa shape index (κ1) is 12.5. The topological polar surface area (TPSA) is 20.2 Å². The van der Waals surface area contributed by atoms with Crippen molar-refractivity contribution < 1.29 is 22.2 Å². The van der Waals surface area contributed by atoms with E-state index in [4.69, 9.17) is 5.11 Å². The second-order valence-corrected chi connectivity index (χ2v) is 1.34. The summed E-state index contributed by atoms with van der Waals surface area (Å²) in [7, 11) is 0. The summed E-state index contributed by atoms with van der Waals surface area (Å²) < 4.78 is 0. The van der Waals surface area contributed by atoms with E-state index in [2.05, 4.69) is 0 Å². The third-order valence-electron chi connectivity index (χ3n) is 0.756. The molecule has 0 aliphatic carbocycles. The number of benzene rings is 1. The summed E-state index contributed by atoms with van der Waals surface area (Å²) in [5.41, 5.74) is 0. The minimum atomic E-state index is 0. The number of hydrogen-bond acceptors (Lipinski definition) is 1. The predicted molar refractivity (Wildman–Crippen MR) is 36.7 cm³/mol. The van der Waals surface area contributed by atoms with Gasteiger partial charge in [-0.1, -0.05) is 18.2 Å². The van der Waals surface area contributed by atoms with Crippen molar-refractivity contribution in [3.63, 3.8) is 0 Å². The molecular weight excluding hydrogens is 192 g/mol. The molecule has 0 aliphatic rings. The molecular formula is C6H8CaCuO. The van der Waals surface area contributed by atoms with Crippen molar-refractivity contribution in [3.05, 3.63) is 30.3 Å². The van der Waals surface area contributed by atoms with Crippen LogP contribution in [0.15, 0.2) is 30.3 Å². The van der Waals surface area contributed by atoms with Crippen LogP contribution in [0.5, 0.6) is 5.75 Å². The first-order valence-electron chi connectivity index (χ1n) is 2.13. The number of hydrogen-bond donors (Lipinski definition) is 1. The molecule has 0 aromatic heterocycles. The molecule has 1 aromatic carbocycles. The van der Waals surface area contributed by atoms with Crippen LogP contribution < -0.4 is 0 Å². The molecule has 0 aliphatic heterocycles. The van der Waals surface area contributed by atoms with Gasteiger partial charge in [0.05, 0.1) is 0 Å². The summed E-state index contributed by atoms with van der Waals surface area (Å²) in [6, 6.07) is 8.71. The first-order valence-corrected chi connectivity index (χ1v) is 2.13. The van der Waals surface area contributed by atoms with Crippen molar-refractivity contribution >= 4 is 37.7 Å². The zero-order valence-electron chi connectivity index (χ0n) is 4.14. The van der Waals surface area contributed by atoms with Crippen LogP contribution in [-0.2, 0) is 17.1 Å². The average Bonchev–Trinajstić information content (AvgIpc) is 1.69. The summed E-state index contributed by atoms with van der Waals surface area (Å²) in [5.74, 6) is 0.322. The molecule has 0 bridgehead atoms. The Hall–Kier alpha value is 0.799. The van der Waals surface area contributed by atoms with Crippen LogP contribution in [0.3, 0.4) is 0 Å². The normalized spacial score (nSPS) is 6.67. The quantitative estimate of drug-likeness (QED) is 0.603. The second kappa shape index (κ2) is 6.91. The molecule has 0 fully saturated rings. The first-order chi connectivity index (χ1) is 3.39. The number of phenolic OH excluding ortho intramolecular Hbond substituents is 1. The van der Waals surface area contributed by atoms with Crippen molar-refractivity contribution in [2.45, 2.75) is 0 Å². The zero-order valence-corrected chi connectivity index (χ0v) is 5.08.